The Bertz CT molecular complexity index is 1010. The molecule has 0 bridgehead atoms. The summed E-state index contributed by atoms with van der Waals surface area (Å²) in [7, 11) is 0. The van der Waals surface area contributed by atoms with E-state index in [1.165, 1.54) is 6.08 Å². The Hall–Kier alpha value is -3.23. The molecular weight excluding hydrogens is 410 g/mol. The lowest BCUT2D eigenvalue weighted by atomic mass is 10.2. The molecule has 1 heterocycles. The summed E-state index contributed by atoms with van der Waals surface area (Å²) in [5.41, 5.74) is 1.58. The lowest BCUT2D eigenvalue weighted by Gasteiger charge is -2.10. The third-order valence-electron chi connectivity index (χ3n) is 3.77. The summed E-state index contributed by atoms with van der Waals surface area (Å²) < 4.78 is 5.46. The van der Waals surface area contributed by atoms with Crippen molar-refractivity contribution in [3.63, 3.8) is 0 Å². The van der Waals surface area contributed by atoms with Crippen molar-refractivity contribution in [2.75, 3.05) is 6.54 Å². The van der Waals surface area contributed by atoms with Crippen molar-refractivity contribution in [2.24, 2.45) is 0 Å². The van der Waals surface area contributed by atoms with Crippen LogP contribution in [0.2, 0.25) is 0 Å². The van der Waals surface area contributed by atoms with E-state index in [0.29, 0.717) is 16.2 Å². The molecule has 6 nitrogen and oxygen atoms in total. The van der Waals surface area contributed by atoms with E-state index in [1.807, 2.05) is 30.3 Å². The Labute approximate surface area is 176 Å². The number of hydrogen-bond donors (Lipinski definition) is 1. The maximum absolute atomic E-state index is 12.3. The second-order valence-corrected chi connectivity index (χ2v) is 7.57. The van der Waals surface area contributed by atoms with E-state index in [0.717, 1.165) is 22.2 Å². The number of nitrogens with zero attached hydrogens (tertiary/aromatic N) is 1. The number of amides is 1. The molecule has 0 radical (unpaired) electrons. The van der Waals surface area contributed by atoms with Crippen LogP contribution in [0.25, 0.3) is 12.2 Å². The van der Waals surface area contributed by atoms with Gasteiger partial charge in [0.15, 0.2) is 0 Å². The molecule has 0 atom stereocenters. The fraction of sp³-hybridized carbons (Fsp3) is 0.0476. The van der Waals surface area contributed by atoms with Crippen LogP contribution in [-0.2, 0) is 14.4 Å². The van der Waals surface area contributed by atoms with Crippen molar-refractivity contribution in [1.29, 1.82) is 0 Å². The zero-order chi connectivity index (χ0) is 20.8. The van der Waals surface area contributed by atoms with Gasteiger partial charge >= 0.3 is 11.9 Å². The molecule has 2 aromatic rings. The highest BCUT2D eigenvalue weighted by molar-refractivity contribution is 8.26. The minimum atomic E-state index is -1.13. The van der Waals surface area contributed by atoms with Crippen LogP contribution in [0.15, 0.2) is 65.6 Å². The number of carboxylic acids is 1. The lowest BCUT2D eigenvalue weighted by molar-refractivity contribution is -0.140. The molecule has 1 N–H and O–H groups in total. The Kier molecular flexibility index (Phi) is 6.58. The highest BCUT2D eigenvalue weighted by Gasteiger charge is 2.33. The SMILES string of the molecule is O=C(O)CN1C(=O)/C(=C\c2ccc(OC(=O)/C=C/c3ccccc3)cc2)SC1=S. The maximum Gasteiger partial charge on any atom is 0.336 e. The average Bonchev–Trinajstić information content (AvgIpc) is 2.96. The highest BCUT2D eigenvalue weighted by atomic mass is 32.2. The van der Waals surface area contributed by atoms with Crippen LogP contribution in [0.5, 0.6) is 5.75 Å². The number of ether oxygens (including phenoxy) is 1. The number of thiocarbonyl (C=S) groups is 1. The highest BCUT2D eigenvalue weighted by Crippen LogP contribution is 2.32. The molecule has 0 spiro atoms. The van der Waals surface area contributed by atoms with Gasteiger partial charge in [0.25, 0.3) is 5.91 Å². The number of carboxylic acid groups (broad SMARTS) is 1. The molecular formula is C21H15NO5S2. The van der Waals surface area contributed by atoms with Gasteiger partial charge in [-0.15, -0.1) is 0 Å². The molecule has 0 unspecified atom stereocenters. The first kappa shape index (κ1) is 20.5. The fourth-order valence-corrected chi connectivity index (χ4v) is 3.69. The zero-order valence-electron chi connectivity index (χ0n) is 15.0. The van der Waals surface area contributed by atoms with Crippen molar-refractivity contribution in [2.45, 2.75) is 0 Å². The number of hydrogen-bond acceptors (Lipinski definition) is 6. The Morgan fingerprint density at radius 3 is 2.41 bits per heavy atom. The second kappa shape index (κ2) is 9.31. The third kappa shape index (κ3) is 5.63. The first-order valence-corrected chi connectivity index (χ1v) is 9.67. The molecule has 8 heteroatoms. The van der Waals surface area contributed by atoms with Gasteiger partial charge in [0.1, 0.15) is 16.6 Å². The van der Waals surface area contributed by atoms with Gasteiger partial charge in [0.2, 0.25) is 0 Å². The Morgan fingerprint density at radius 1 is 1.07 bits per heavy atom. The second-order valence-electron chi connectivity index (χ2n) is 5.90. The van der Waals surface area contributed by atoms with Crippen molar-refractivity contribution in [1.82, 2.24) is 4.90 Å². The average molecular weight is 425 g/mol. The van der Waals surface area contributed by atoms with Crippen molar-refractivity contribution < 1.29 is 24.2 Å². The molecule has 1 aliphatic heterocycles. The number of aliphatic carboxylic acids is 1. The summed E-state index contributed by atoms with van der Waals surface area (Å²) >= 11 is 6.11. The van der Waals surface area contributed by atoms with Gasteiger partial charge in [-0.3, -0.25) is 14.5 Å². The largest absolute Gasteiger partial charge is 0.480 e. The first-order valence-electron chi connectivity index (χ1n) is 8.44. The number of carbonyl (C=O) groups excluding carboxylic acids is 2. The summed E-state index contributed by atoms with van der Waals surface area (Å²) in [6, 6.07) is 16.0. The van der Waals surface area contributed by atoms with Gasteiger partial charge in [-0.1, -0.05) is 66.4 Å². The first-order chi connectivity index (χ1) is 13.9. The molecule has 0 aromatic heterocycles. The van der Waals surface area contributed by atoms with E-state index in [1.54, 1.807) is 36.4 Å². The maximum atomic E-state index is 12.3. The van der Waals surface area contributed by atoms with Crippen molar-refractivity contribution in [3.8, 4) is 5.75 Å². The van der Waals surface area contributed by atoms with E-state index >= 15 is 0 Å². The van der Waals surface area contributed by atoms with E-state index in [2.05, 4.69) is 0 Å². The summed E-state index contributed by atoms with van der Waals surface area (Å²) in [6.07, 6.45) is 4.62. The molecule has 0 saturated carbocycles. The van der Waals surface area contributed by atoms with Crippen LogP contribution >= 0.6 is 24.0 Å². The summed E-state index contributed by atoms with van der Waals surface area (Å²) in [5.74, 6) is -1.71. The molecule has 1 fully saturated rings. The van der Waals surface area contributed by atoms with Gasteiger partial charge in [-0.25, -0.2) is 4.79 Å². The van der Waals surface area contributed by atoms with E-state index < -0.39 is 24.4 Å². The predicted molar refractivity (Wildman–Crippen MR) is 115 cm³/mol. The molecule has 3 rings (SSSR count). The predicted octanol–water partition coefficient (Wildman–Crippen LogP) is 3.59. The number of thioether (sulfide) groups is 1. The number of benzene rings is 2. The third-order valence-corrected chi connectivity index (χ3v) is 5.15. The lowest BCUT2D eigenvalue weighted by Crippen LogP contribution is -2.33. The topological polar surface area (TPSA) is 83.9 Å². The standard InChI is InChI=1S/C21H15NO5S2/c23-18(24)13-22-20(26)17(29-21(22)28)12-15-6-9-16(10-7-15)27-19(25)11-8-14-4-2-1-3-5-14/h1-12H,13H2,(H,23,24)/b11-8+,17-12+. The van der Waals surface area contributed by atoms with Crippen LogP contribution in [0.1, 0.15) is 11.1 Å². The Balaban J connectivity index is 1.63. The number of rotatable bonds is 6. The smallest absolute Gasteiger partial charge is 0.336 e. The van der Waals surface area contributed by atoms with Crippen LogP contribution in [0, 0.1) is 0 Å². The monoisotopic (exact) mass is 425 g/mol. The zero-order valence-corrected chi connectivity index (χ0v) is 16.6. The fourth-order valence-electron chi connectivity index (χ4n) is 2.43. The minimum absolute atomic E-state index is 0.208. The van der Waals surface area contributed by atoms with Crippen molar-refractivity contribution in [3.05, 3.63) is 76.7 Å². The Morgan fingerprint density at radius 2 is 1.76 bits per heavy atom. The van der Waals surface area contributed by atoms with Gasteiger partial charge < -0.3 is 9.84 Å². The van der Waals surface area contributed by atoms with Gasteiger partial charge in [0.05, 0.1) is 4.91 Å². The molecule has 146 valence electrons. The molecule has 1 amide bonds. The van der Waals surface area contributed by atoms with Gasteiger partial charge in [-0.2, -0.15) is 0 Å². The molecule has 2 aromatic carbocycles. The normalized spacial score (nSPS) is 15.3. The van der Waals surface area contributed by atoms with Crippen LogP contribution in [-0.4, -0.2) is 38.7 Å². The summed E-state index contributed by atoms with van der Waals surface area (Å²) in [5, 5.41) is 8.86. The van der Waals surface area contributed by atoms with Crippen molar-refractivity contribution >= 4 is 58.3 Å². The van der Waals surface area contributed by atoms with Gasteiger partial charge in [-0.05, 0) is 35.4 Å². The molecule has 29 heavy (non-hydrogen) atoms. The van der Waals surface area contributed by atoms with E-state index in [4.69, 9.17) is 22.1 Å². The van der Waals surface area contributed by atoms with E-state index in [-0.39, 0.29) is 4.32 Å². The van der Waals surface area contributed by atoms with Crippen LogP contribution in [0.4, 0.5) is 0 Å². The number of carbonyl (C=O) groups is 3. The molecule has 1 aliphatic rings. The molecule has 0 aliphatic carbocycles. The molecule has 1 saturated heterocycles. The van der Waals surface area contributed by atoms with E-state index in [9.17, 15) is 14.4 Å². The quantitative estimate of drug-likeness (QED) is 0.328. The summed E-state index contributed by atoms with van der Waals surface area (Å²) in [4.78, 5) is 36.4. The van der Waals surface area contributed by atoms with Crippen LogP contribution < -0.4 is 4.74 Å². The summed E-state index contributed by atoms with van der Waals surface area (Å²) in [6.45, 7) is -0.465. The van der Waals surface area contributed by atoms with Crippen LogP contribution in [0.3, 0.4) is 0 Å². The van der Waals surface area contributed by atoms with Gasteiger partial charge in [0, 0.05) is 6.08 Å². The number of esters is 1. The minimum Gasteiger partial charge on any atom is -0.480 e.